The number of carbonyl (C=O) groups is 1. The van der Waals surface area contributed by atoms with Gasteiger partial charge in [-0.2, -0.15) is 0 Å². The third-order valence-electron chi connectivity index (χ3n) is 2.40. The molecule has 1 aliphatic rings. The first kappa shape index (κ1) is 10.4. The zero-order valence-corrected chi connectivity index (χ0v) is 9.89. The van der Waals surface area contributed by atoms with Crippen molar-refractivity contribution >= 4 is 34.3 Å². The van der Waals surface area contributed by atoms with Gasteiger partial charge in [-0.1, -0.05) is 0 Å². The fraction of sp³-hybridized carbons (Fsp3) is 0.375. The van der Waals surface area contributed by atoms with E-state index in [4.69, 9.17) is 5.73 Å². The monoisotopic (exact) mass is 320 g/mol. The number of aromatic nitrogens is 2. The molecule has 6 nitrogen and oxygen atoms in total. The molecule has 0 saturated carbocycles. The fourth-order valence-corrected chi connectivity index (χ4v) is 2.12. The van der Waals surface area contributed by atoms with E-state index in [0.717, 1.165) is 6.42 Å². The number of hydrogen-bond donors (Lipinski definition) is 2. The van der Waals surface area contributed by atoms with Crippen molar-refractivity contribution < 1.29 is 4.79 Å². The molecule has 1 aliphatic heterocycles. The summed E-state index contributed by atoms with van der Waals surface area (Å²) >= 11 is 1.91. The van der Waals surface area contributed by atoms with E-state index in [2.05, 4.69) is 9.97 Å². The molecule has 1 atom stereocenters. The van der Waals surface area contributed by atoms with Gasteiger partial charge in [0.2, 0.25) is 5.91 Å². The number of rotatable bonds is 2. The van der Waals surface area contributed by atoms with Crippen molar-refractivity contribution in [3.63, 3.8) is 0 Å². The predicted octanol–water partition coefficient (Wildman–Crippen LogP) is -0.562. The Bertz CT molecular complexity index is 458. The summed E-state index contributed by atoms with van der Waals surface area (Å²) in [7, 11) is 0. The van der Waals surface area contributed by atoms with Gasteiger partial charge in [0.1, 0.15) is 15.4 Å². The van der Waals surface area contributed by atoms with Crippen molar-refractivity contribution in [3.8, 4) is 0 Å². The molecule has 0 radical (unpaired) electrons. The van der Waals surface area contributed by atoms with Crippen molar-refractivity contribution in [1.29, 1.82) is 0 Å². The molecule has 2 heterocycles. The third kappa shape index (κ3) is 1.71. The van der Waals surface area contributed by atoms with E-state index >= 15 is 0 Å². The van der Waals surface area contributed by atoms with Gasteiger partial charge in [0.25, 0.3) is 5.56 Å². The van der Waals surface area contributed by atoms with Crippen molar-refractivity contribution in [2.75, 3.05) is 11.4 Å². The van der Waals surface area contributed by atoms with Crippen LogP contribution in [-0.2, 0) is 4.79 Å². The van der Waals surface area contributed by atoms with Gasteiger partial charge in [-0.15, -0.1) is 0 Å². The van der Waals surface area contributed by atoms with Crippen molar-refractivity contribution in [3.05, 3.63) is 20.3 Å². The standard InChI is InChI=1S/C8H9IN4O2/c9-5-7(11-3-12-8(5)15)13-2-1-4(13)6(10)14/h3-4H,1-2H2,(H2,10,14)(H,11,12,15). The van der Waals surface area contributed by atoms with Crippen LogP contribution in [0.15, 0.2) is 11.1 Å². The minimum absolute atomic E-state index is 0.198. The van der Waals surface area contributed by atoms with Crippen molar-refractivity contribution in [2.45, 2.75) is 12.5 Å². The van der Waals surface area contributed by atoms with Gasteiger partial charge in [-0.25, -0.2) is 4.98 Å². The molecular formula is C8H9IN4O2. The van der Waals surface area contributed by atoms with E-state index in [-0.39, 0.29) is 17.5 Å². The lowest BCUT2D eigenvalue weighted by molar-refractivity contribution is -0.120. The van der Waals surface area contributed by atoms with E-state index in [1.807, 2.05) is 22.6 Å². The second-order valence-electron chi connectivity index (χ2n) is 3.27. The van der Waals surface area contributed by atoms with Crippen LogP contribution >= 0.6 is 22.6 Å². The Morgan fingerprint density at radius 2 is 2.47 bits per heavy atom. The van der Waals surface area contributed by atoms with Gasteiger partial charge in [-0.05, 0) is 29.0 Å². The van der Waals surface area contributed by atoms with Crippen LogP contribution in [0.4, 0.5) is 5.82 Å². The maximum atomic E-state index is 11.3. The molecule has 0 aromatic carbocycles. The lowest BCUT2D eigenvalue weighted by atomic mass is 10.0. The molecule has 3 N–H and O–H groups in total. The zero-order chi connectivity index (χ0) is 11.0. The smallest absolute Gasteiger partial charge is 0.266 e. The lowest BCUT2D eigenvalue weighted by Crippen LogP contribution is -2.56. The molecule has 1 saturated heterocycles. The third-order valence-corrected chi connectivity index (χ3v) is 3.37. The van der Waals surface area contributed by atoms with Gasteiger partial charge >= 0.3 is 0 Å². The highest BCUT2D eigenvalue weighted by molar-refractivity contribution is 14.1. The Morgan fingerprint density at radius 3 is 3.00 bits per heavy atom. The molecular weight excluding hydrogens is 311 g/mol. The average Bonchev–Trinajstić information content (AvgIpc) is 2.10. The average molecular weight is 320 g/mol. The van der Waals surface area contributed by atoms with Gasteiger partial charge in [0.15, 0.2) is 0 Å². The molecule has 0 spiro atoms. The Kier molecular flexibility index (Phi) is 2.63. The van der Waals surface area contributed by atoms with Crippen LogP contribution in [0.2, 0.25) is 0 Å². The summed E-state index contributed by atoms with van der Waals surface area (Å²) in [5.74, 6) is 0.161. The number of hydrogen-bond acceptors (Lipinski definition) is 4. The first-order chi connectivity index (χ1) is 7.11. The number of primary amides is 1. The summed E-state index contributed by atoms with van der Waals surface area (Å²) in [6.07, 6.45) is 2.05. The number of nitrogens with two attached hydrogens (primary N) is 1. The number of halogens is 1. The molecule has 1 unspecified atom stereocenters. The highest BCUT2D eigenvalue weighted by Gasteiger charge is 2.34. The first-order valence-electron chi connectivity index (χ1n) is 4.40. The quantitative estimate of drug-likeness (QED) is 0.715. The summed E-state index contributed by atoms with van der Waals surface area (Å²) in [5.41, 5.74) is 5.02. The Morgan fingerprint density at radius 1 is 1.73 bits per heavy atom. The number of aromatic amines is 1. The molecule has 2 rings (SSSR count). The second-order valence-corrected chi connectivity index (χ2v) is 4.35. The van der Waals surface area contributed by atoms with Crippen LogP contribution in [0, 0.1) is 3.57 Å². The summed E-state index contributed by atoms with van der Waals surface area (Å²) in [6.45, 7) is 0.708. The van der Waals surface area contributed by atoms with Crippen LogP contribution in [0.1, 0.15) is 6.42 Å². The second kappa shape index (κ2) is 3.80. The molecule has 1 fully saturated rings. The lowest BCUT2D eigenvalue weighted by Gasteiger charge is -2.39. The van der Waals surface area contributed by atoms with E-state index in [1.54, 1.807) is 4.90 Å². The zero-order valence-electron chi connectivity index (χ0n) is 7.74. The molecule has 1 aromatic heterocycles. The SMILES string of the molecule is NC(=O)C1CCN1c1nc[nH]c(=O)c1I. The summed E-state index contributed by atoms with van der Waals surface area (Å²) in [4.78, 5) is 30.6. The number of anilines is 1. The number of nitrogens with one attached hydrogen (secondary N) is 1. The molecule has 1 aromatic rings. The van der Waals surface area contributed by atoms with Crippen LogP contribution in [0.3, 0.4) is 0 Å². The number of amides is 1. The number of H-pyrrole nitrogens is 1. The van der Waals surface area contributed by atoms with E-state index in [0.29, 0.717) is 15.9 Å². The summed E-state index contributed by atoms with van der Waals surface area (Å²) in [6, 6.07) is -0.326. The highest BCUT2D eigenvalue weighted by atomic mass is 127. The van der Waals surface area contributed by atoms with E-state index in [1.165, 1.54) is 6.33 Å². The van der Waals surface area contributed by atoms with Gasteiger partial charge in [0.05, 0.1) is 6.33 Å². The van der Waals surface area contributed by atoms with Gasteiger partial charge < -0.3 is 15.6 Å². The Hall–Kier alpha value is -1.12. The number of nitrogens with zero attached hydrogens (tertiary/aromatic N) is 2. The minimum Gasteiger partial charge on any atom is -0.368 e. The van der Waals surface area contributed by atoms with Crippen LogP contribution in [-0.4, -0.2) is 28.5 Å². The van der Waals surface area contributed by atoms with Crippen LogP contribution in [0.5, 0.6) is 0 Å². The number of carbonyl (C=O) groups excluding carboxylic acids is 1. The Labute approximate surface area is 99.0 Å². The highest BCUT2D eigenvalue weighted by Crippen LogP contribution is 2.26. The van der Waals surface area contributed by atoms with Gasteiger partial charge in [-0.3, -0.25) is 9.59 Å². The van der Waals surface area contributed by atoms with Crippen molar-refractivity contribution in [2.24, 2.45) is 5.73 Å². The normalized spacial score (nSPS) is 19.8. The molecule has 15 heavy (non-hydrogen) atoms. The molecule has 0 bridgehead atoms. The minimum atomic E-state index is -0.376. The molecule has 80 valence electrons. The van der Waals surface area contributed by atoms with Crippen LogP contribution < -0.4 is 16.2 Å². The predicted molar refractivity (Wildman–Crippen MR) is 62.5 cm³/mol. The summed E-state index contributed by atoms with van der Waals surface area (Å²) in [5, 5.41) is 0. The van der Waals surface area contributed by atoms with Gasteiger partial charge in [0, 0.05) is 6.54 Å². The largest absolute Gasteiger partial charge is 0.368 e. The van der Waals surface area contributed by atoms with E-state index < -0.39 is 0 Å². The molecule has 7 heteroatoms. The van der Waals surface area contributed by atoms with Crippen LogP contribution in [0.25, 0.3) is 0 Å². The maximum Gasteiger partial charge on any atom is 0.266 e. The topological polar surface area (TPSA) is 92.1 Å². The molecule has 1 amide bonds. The first-order valence-corrected chi connectivity index (χ1v) is 5.48. The fourth-order valence-electron chi connectivity index (χ4n) is 1.51. The van der Waals surface area contributed by atoms with E-state index in [9.17, 15) is 9.59 Å². The molecule has 0 aliphatic carbocycles. The van der Waals surface area contributed by atoms with Crippen molar-refractivity contribution in [1.82, 2.24) is 9.97 Å². The maximum absolute atomic E-state index is 11.3. The summed E-state index contributed by atoms with van der Waals surface area (Å²) < 4.78 is 0.487. The Balaban J connectivity index is 2.35.